The van der Waals surface area contributed by atoms with Crippen LogP contribution in [0.1, 0.15) is 19.3 Å². The molecule has 0 unspecified atom stereocenters. The van der Waals surface area contributed by atoms with Crippen molar-refractivity contribution >= 4 is 17.4 Å². The highest BCUT2D eigenvalue weighted by Crippen LogP contribution is 2.39. The highest BCUT2D eigenvalue weighted by molar-refractivity contribution is 6.31. The number of halogens is 1. The summed E-state index contributed by atoms with van der Waals surface area (Å²) in [6.45, 7) is 2.23. The Balaban J connectivity index is 1.82. The summed E-state index contributed by atoms with van der Waals surface area (Å²) < 4.78 is 0. The maximum Gasteiger partial charge on any atom is 0.171 e. The van der Waals surface area contributed by atoms with E-state index in [4.69, 9.17) is 11.6 Å². The summed E-state index contributed by atoms with van der Waals surface area (Å²) in [7, 11) is 0. The number of fused-ring (bicyclic) bond motifs is 1. The van der Waals surface area contributed by atoms with E-state index in [1.165, 1.54) is 19.3 Å². The van der Waals surface area contributed by atoms with Gasteiger partial charge in [0.2, 0.25) is 0 Å². The van der Waals surface area contributed by atoms with Gasteiger partial charge in [0.05, 0.1) is 0 Å². The quantitative estimate of drug-likeness (QED) is 0.732. The molecule has 1 aromatic heterocycles. The van der Waals surface area contributed by atoms with Crippen molar-refractivity contribution in [1.29, 1.82) is 0 Å². The van der Waals surface area contributed by atoms with E-state index >= 15 is 0 Å². The minimum atomic E-state index is 0.539. The van der Waals surface area contributed by atoms with Crippen LogP contribution in [0.4, 0.5) is 5.82 Å². The van der Waals surface area contributed by atoms with Crippen molar-refractivity contribution in [2.24, 2.45) is 11.8 Å². The molecule has 0 amide bonds. The van der Waals surface area contributed by atoms with Gasteiger partial charge in [-0.15, -0.1) is 0 Å². The number of hydrogen-bond acceptors (Lipinski definition) is 3. The second-order valence-electron chi connectivity index (χ2n) is 4.53. The van der Waals surface area contributed by atoms with E-state index in [2.05, 4.69) is 14.9 Å². The van der Waals surface area contributed by atoms with Crippen LogP contribution in [0.2, 0.25) is 5.15 Å². The molecule has 1 aliphatic heterocycles. The fourth-order valence-electron chi connectivity index (χ4n) is 2.93. The first-order valence-corrected chi connectivity index (χ1v) is 5.94. The van der Waals surface area contributed by atoms with Crippen LogP contribution < -0.4 is 4.90 Å². The van der Waals surface area contributed by atoms with E-state index in [-0.39, 0.29) is 0 Å². The Labute approximate surface area is 94.5 Å². The van der Waals surface area contributed by atoms with Crippen molar-refractivity contribution in [2.45, 2.75) is 19.3 Å². The van der Waals surface area contributed by atoms with Gasteiger partial charge in [0.1, 0.15) is 0 Å². The smallest absolute Gasteiger partial charge is 0.171 e. The average molecular weight is 224 g/mol. The molecule has 1 saturated carbocycles. The molecule has 1 saturated heterocycles. The maximum absolute atomic E-state index is 6.05. The molecule has 0 spiro atoms. The zero-order chi connectivity index (χ0) is 10.3. The van der Waals surface area contributed by atoms with Crippen LogP contribution in [-0.2, 0) is 0 Å². The van der Waals surface area contributed by atoms with Crippen LogP contribution >= 0.6 is 11.6 Å². The predicted molar refractivity (Wildman–Crippen MR) is 60.1 cm³/mol. The van der Waals surface area contributed by atoms with Crippen LogP contribution in [0.15, 0.2) is 12.4 Å². The van der Waals surface area contributed by atoms with Gasteiger partial charge in [-0.05, 0) is 24.7 Å². The van der Waals surface area contributed by atoms with E-state index in [1.54, 1.807) is 12.4 Å². The third kappa shape index (κ3) is 1.59. The third-order valence-corrected chi connectivity index (χ3v) is 3.93. The molecular weight excluding hydrogens is 210 g/mol. The summed E-state index contributed by atoms with van der Waals surface area (Å²) in [6, 6.07) is 0. The minimum absolute atomic E-state index is 0.539. The van der Waals surface area contributed by atoms with Gasteiger partial charge in [0.15, 0.2) is 11.0 Å². The Hall–Kier alpha value is -0.830. The van der Waals surface area contributed by atoms with E-state index in [0.29, 0.717) is 5.15 Å². The second-order valence-corrected chi connectivity index (χ2v) is 4.88. The molecule has 4 heteroatoms. The lowest BCUT2D eigenvalue weighted by atomic mass is 10.0. The zero-order valence-corrected chi connectivity index (χ0v) is 9.32. The van der Waals surface area contributed by atoms with Gasteiger partial charge in [-0.1, -0.05) is 18.0 Å². The summed E-state index contributed by atoms with van der Waals surface area (Å²) in [6.07, 6.45) is 7.51. The van der Waals surface area contributed by atoms with Gasteiger partial charge >= 0.3 is 0 Å². The Bertz CT molecular complexity index is 357. The van der Waals surface area contributed by atoms with E-state index in [1.807, 2.05) is 0 Å². The fourth-order valence-corrected chi connectivity index (χ4v) is 3.16. The molecule has 2 atom stereocenters. The number of anilines is 1. The molecule has 0 aromatic carbocycles. The standard InChI is InChI=1S/C11H14ClN3/c12-10-11(14-5-4-13-10)15-6-8-2-1-3-9(8)7-15/h4-5,8-9H,1-3,6-7H2/t8-,9-/m1/s1. The first-order chi connectivity index (χ1) is 7.34. The molecule has 2 fully saturated rings. The molecular formula is C11H14ClN3. The molecule has 3 nitrogen and oxygen atoms in total. The van der Waals surface area contributed by atoms with Crippen molar-refractivity contribution in [1.82, 2.24) is 9.97 Å². The average Bonchev–Trinajstić information content (AvgIpc) is 2.77. The molecule has 0 radical (unpaired) electrons. The second kappa shape index (κ2) is 3.63. The summed E-state index contributed by atoms with van der Waals surface area (Å²) in [5.41, 5.74) is 0. The Morgan fingerprint density at radius 3 is 2.47 bits per heavy atom. The number of rotatable bonds is 1. The number of aromatic nitrogens is 2. The zero-order valence-electron chi connectivity index (χ0n) is 8.56. The minimum Gasteiger partial charge on any atom is -0.353 e. The number of hydrogen-bond donors (Lipinski definition) is 0. The lowest BCUT2D eigenvalue weighted by Crippen LogP contribution is -2.22. The van der Waals surface area contributed by atoms with Crippen molar-refractivity contribution in [3.63, 3.8) is 0 Å². The highest BCUT2D eigenvalue weighted by Gasteiger charge is 2.37. The van der Waals surface area contributed by atoms with Crippen molar-refractivity contribution in [3.05, 3.63) is 17.5 Å². The first kappa shape index (κ1) is 9.40. The van der Waals surface area contributed by atoms with Gasteiger partial charge in [-0.25, -0.2) is 9.97 Å². The van der Waals surface area contributed by atoms with Crippen LogP contribution in [0.25, 0.3) is 0 Å². The van der Waals surface area contributed by atoms with E-state index in [9.17, 15) is 0 Å². The predicted octanol–water partition coefficient (Wildman–Crippen LogP) is 2.37. The first-order valence-electron chi connectivity index (χ1n) is 5.56. The van der Waals surface area contributed by atoms with Crippen molar-refractivity contribution in [2.75, 3.05) is 18.0 Å². The SMILES string of the molecule is Clc1nccnc1N1C[C@H]2CCC[C@@H]2C1. The van der Waals surface area contributed by atoms with Gasteiger partial charge in [-0.3, -0.25) is 0 Å². The van der Waals surface area contributed by atoms with Crippen LogP contribution in [0, 0.1) is 11.8 Å². The molecule has 15 heavy (non-hydrogen) atoms. The molecule has 0 N–H and O–H groups in total. The lowest BCUT2D eigenvalue weighted by Gasteiger charge is -2.18. The van der Waals surface area contributed by atoms with Gasteiger partial charge in [0, 0.05) is 25.5 Å². The summed E-state index contributed by atoms with van der Waals surface area (Å²) >= 11 is 6.05. The monoisotopic (exact) mass is 223 g/mol. The molecule has 1 aliphatic carbocycles. The molecule has 1 aromatic rings. The normalized spacial score (nSPS) is 29.5. The van der Waals surface area contributed by atoms with Gasteiger partial charge in [0.25, 0.3) is 0 Å². The lowest BCUT2D eigenvalue weighted by molar-refractivity contribution is 0.494. The largest absolute Gasteiger partial charge is 0.353 e. The Morgan fingerprint density at radius 2 is 1.80 bits per heavy atom. The molecule has 80 valence electrons. The Morgan fingerprint density at radius 1 is 1.13 bits per heavy atom. The molecule has 0 bridgehead atoms. The summed E-state index contributed by atoms with van der Waals surface area (Å²) in [5.74, 6) is 2.60. The Kier molecular flexibility index (Phi) is 2.28. The van der Waals surface area contributed by atoms with Crippen molar-refractivity contribution in [3.8, 4) is 0 Å². The third-order valence-electron chi connectivity index (χ3n) is 3.66. The molecule has 2 heterocycles. The summed E-state index contributed by atoms with van der Waals surface area (Å²) in [4.78, 5) is 10.7. The van der Waals surface area contributed by atoms with E-state index < -0.39 is 0 Å². The highest BCUT2D eigenvalue weighted by atomic mass is 35.5. The van der Waals surface area contributed by atoms with E-state index in [0.717, 1.165) is 30.7 Å². The van der Waals surface area contributed by atoms with Crippen LogP contribution in [0.3, 0.4) is 0 Å². The summed E-state index contributed by atoms with van der Waals surface area (Å²) in [5, 5.41) is 0.539. The molecule has 2 aliphatic rings. The van der Waals surface area contributed by atoms with Crippen molar-refractivity contribution < 1.29 is 0 Å². The van der Waals surface area contributed by atoms with Gasteiger partial charge < -0.3 is 4.90 Å². The van der Waals surface area contributed by atoms with Crippen LogP contribution in [0.5, 0.6) is 0 Å². The molecule has 3 rings (SSSR count). The fraction of sp³-hybridized carbons (Fsp3) is 0.636. The van der Waals surface area contributed by atoms with Gasteiger partial charge in [-0.2, -0.15) is 0 Å². The maximum atomic E-state index is 6.05. The van der Waals surface area contributed by atoms with Crippen LogP contribution in [-0.4, -0.2) is 23.1 Å². The topological polar surface area (TPSA) is 29.0 Å². The number of nitrogens with zero attached hydrogens (tertiary/aromatic N) is 3.